The summed E-state index contributed by atoms with van der Waals surface area (Å²) in [5.74, 6) is 0. The van der Waals surface area contributed by atoms with E-state index in [1.165, 1.54) is 45.8 Å². The third kappa shape index (κ3) is 6.36. The van der Waals surface area contributed by atoms with E-state index in [0.29, 0.717) is 12.1 Å². The van der Waals surface area contributed by atoms with Gasteiger partial charge in [0.05, 0.1) is 16.7 Å². The van der Waals surface area contributed by atoms with Gasteiger partial charge < -0.3 is 9.80 Å². The quantitative estimate of drug-likeness (QED) is 0.168. The van der Waals surface area contributed by atoms with Gasteiger partial charge in [-0.2, -0.15) is 17.7 Å². The molecular formula is C47H49F3N3+. The number of hydrogen-bond acceptors (Lipinski definition) is 2. The van der Waals surface area contributed by atoms with Crippen molar-refractivity contribution < 1.29 is 17.7 Å². The fraction of sp³-hybridized carbons (Fsp3) is 0.298. The van der Waals surface area contributed by atoms with Crippen LogP contribution < -0.4 is 9.80 Å². The summed E-state index contributed by atoms with van der Waals surface area (Å²) in [6.07, 6.45) is 6.32. The summed E-state index contributed by atoms with van der Waals surface area (Å²) in [5.41, 5.74) is 12.0. The zero-order valence-corrected chi connectivity index (χ0v) is 31.9. The van der Waals surface area contributed by atoms with Crippen LogP contribution in [0.3, 0.4) is 0 Å². The lowest BCUT2D eigenvalue weighted by Gasteiger charge is -2.29. The van der Waals surface area contributed by atoms with Crippen molar-refractivity contribution in [2.75, 3.05) is 22.9 Å². The molecular weight excluding hydrogens is 664 g/mol. The first-order valence-electron chi connectivity index (χ1n) is 18.8. The molecule has 0 saturated heterocycles. The van der Waals surface area contributed by atoms with Crippen molar-refractivity contribution in [1.82, 2.24) is 0 Å². The van der Waals surface area contributed by atoms with Crippen LogP contribution >= 0.6 is 0 Å². The predicted molar refractivity (Wildman–Crippen MR) is 214 cm³/mol. The fourth-order valence-corrected chi connectivity index (χ4v) is 8.57. The largest absolute Gasteiger partial charge is 0.416 e. The Hall–Kier alpha value is -5.10. The first-order chi connectivity index (χ1) is 25.3. The SMILES string of the molecule is CCN1/C(=C/C=C2\CCC(/C=C/C3=[N+](CC)c4ccc(C)cc4C3(C)C)=C2N(c2ccccc2)c2ccccc2)C(C)(C)c2cc(C(F)(F)F)ccc21. The molecule has 0 radical (unpaired) electrons. The molecule has 3 nitrogen and oxygen atoms in total. The summed E-state index contributed by atoms with van der Waals surface area (Å²) in [6.45, 7) is 16.7. The predicted octanol–water partition coefficient (Wildman–Crippen LogP) is 12.5. The molecule has 0 spiro atoms. The Morgan fingerprint density at radius 1 is 0.755 bits per heavy atom. The van der Waals surface area contributed by atoms with Crippen LogP contribution in [-0.4, -0.2) is 23.4 Å². The molecule has 0 bridgehead atoms. The monoisotopic (exact) mass is 712 g/mol. The van der Waals surface area contributed by atoms with Gasteiger partial charge in [0, 0.05) is 52.4 Å². The Bertz CT molecular complexity index is 2160. The molecule has 0 aromatic heterocycles. The molecule has 2 heterocycles. The number of nitrogens with zero attached hydrogens (tertiary/aromatic N) is 3. The number of anilines is 3. The van der Waals surface area contributed by atoms with E-state index >= 15 is 0 Å². The Balaban J connectivity index is 1.39. The lowest BCUT2D eigenvalue weighted by molar-refractivity contribution is -0.433. The molecule has 2 aliphatic heterocycles. The molecule has 0 saturated carbocycles. The number of benzene rings is 4. The van der Waals surface area contributed by atoms with E-state index in [2.05, 4.69) is 140 Å². The maximum atomic E-state index is 13.8. The molecule has 3 aliphatic rings. The molecule has 4 aromatic rings. The number of hydrogen-bond donors (Lipinski definition) is 0. The first kappa shape index (κ1) is 36.3. The summed E-state index contributed by atoms with van der Waals surface area (Å²) in [4.78, 5) is 4.52. The maximum absolute atomic E-state index is 13.8. The van der Waals surface area contributed by atoms with Crippen molar-refractivity contribution in [3.05, 3.63) is 166 Å². The number of fused-ring (bicyclic) bond motifs is 2. The second kappa shape index (κ2) is 13.7. The van der Waals surface area contributed by atoms with Crippen LogP contribution in [0.15, 0.2) is 144 Å². The van der Waals surface area contributed by atoms with Gasteiger partial charge in [-0.1, -0.05) is 74.0 Å². The summed E-state index contributed by atoms with van der Waals surface area (Å²) in [7, 11) is 0. The van der Waals surface area contributed by atoms with E-state index in [9.17, 15) is 13.2 Å². The normalized spacial score (nSPS) is 19.2. The number of rotatable bonds is 8. The van der Waals surface area contributed by atoms with Crippen LogP contribution in [0.2, 0.25) is 0 Å². The first-order valence-corrected chi connectivity index (χ1v) is 18.8. The molecule has 0 N–H and O–H groups in total. The molecule has 4 aromatic carbocycles. The summed E-state index contributed by atoms with van der Waals surface area (Å²) < 4.78 is 44.0. The second-order valence-electron chi connectivity index (χ2n) is 15.3. The lowest BCUT2D eigenvalue weighted by Crippen LogP contribution is -2.27. The minimum Gasteiger partial charge on any atom is -0.344 e. The van der Waals surface area contributed by atoms with Gasteiger partial charge >= 0.3 is 6.18 Å². The number of aryl methyl sites for hydroxylation is 1. The van der Waals surface area contributed by atoms with E-state index in [0.717, 1.165) is 47.8 Å². The minimum atomic E-state index is -4.40. The molecule has 7 rings (SSSR count). The second-order valence-corrected chi connectivity index (χ2v) is 15.3. The molecule has 53 heavy (non-hydrogen) atoms. The van der Waals surface area contributed by atoms with Crippen LogP contribution in [0, 0.1) is 6.92 Å². The van der Waals surface area contributed by atoms with E-state index < -0.39 is 17.2 Å². The van der Waals surface area contributed by atoms with Crippen molar-refractivity contribution in [2.45, 2.75) is 78.3 Å². The Morgan fingerprint density at radius 2 is 1.42 bits per heavy atom. The van der Waals surface area contributed by atoms with Gasteiger partial charge in [0.25, 0.3) is 0 Å². The average Bonchev–Trinajstić information content (AvgIpc) is 3.70. The minimum absolute atomic E-state index is 0.159. The van der Waals surface area contributed by atoms with Crippen molar-refractivity contribution in [1.29, 1.82) is 0 Å². The van der Waals surface area contributed by atoms with Gasteiger partial charge in [-0.15, -0.1) is 0 Å². The average molecular weight is 713 g/mol. The highest BCUT2D eigenvalue weighted by Gasteiger charge is 2.44. The zero-order chi connectivity index (χ0) is 37.7. The molecule has 0 atom stereocenters. The highest BCUT2D eigenvalue weighted by atomic mass is 19.4. The number of likely N-dealkylation sites (N-methyl/N-ethyl adjacent to an activating group) is 1. The molecule has 0 unspecified atom stereocenters. The van der Waals surface area contributed by atoms with Crippen molar-refractivity contribution >= 4 is 28.5 Å². The van der Waals surface area contributed by atoms with Gasteiger partial charge in [0.1, 0.15) is 6.54 Å². The van der Waals surface area contributed by atoms with Crippen LogP contribution in [0.5, 0.6) is 0 Å². The molecule has 6 heteroatoms. The zero-order valence-electron chi connectivity index (χ0n) is 31.9. The summed E-state index contributed by atoms with van der Waals surface area (Å²) in [5, 5.41) is 0. The van der Waals surface area contributed by atoms with Gasteiger partial charge in [-0.3, -0.25) is 0 Å². The fourth-order valence-electron chi connectivity index (χ4n) is 8.57. The molecule has 0 fully saturated rings. The van der Waals surface area contributed by atoms with Gasteiger partial charge in [-0.25, -0.2) is 0 Å². The van der Waals surface area contributed by atoms with E-state index in [4.69, 9.17) is 0 Å². The highest BCUT2D eigenvalue weighted by molar-refractivity contribution is 6.03. The van der Waals surface area contributed by atoms with Gasteiger partial charge in [0.15, 0.2) is 5.71 Å². The van der Waals surface area contributed by atoms with Gasteiger partial charge in [0.2, 0.25) is 5.69 Å². The number of halogens is 3. The van der Waals surface area contributed by atoms with Crippen LogP contribution in [0.1, 0.15) is 76.6 Å². The smallest absolute Gasteiger partial charge is 0.344 e. The summed E-state index contributed by atoms with van der Waals surface area (Å²) in [6, 6.07) is 31.9. The Morgan fingerprint density at radius 3 is 2.02 bits per heavy atom. The third-order valence-corrected chi connectivity index (χ3v) is 11.3. The van der Waals surface area contributed by atoms with Crippen LogP contribution in [0.25, 0.3) is 0 Å². The highest BCUT2D eigenvalue weighted by Crippen LogP contribution is 2.50. The number of para-hydroxylation sites is 2. The third-order valence-electron chi connectivity index (χ3n) is 11.3. The standard InChI is InChI=1S/C47H49F3N3/c1-8-51-40-26-20-32(3)30-38(40)45(4,5)42(51)28-23-33-21-22-34(44(33)53(36-16-12-10-13-17-36)37-18-14-11-15-19-37)24-29-43-46(6,7)39-31-35(47(48,49)50)25-27-41(39)52(43)9-2/h10-20,23-31H,8-9,21-22H2,1-7H3/q+1. The summed E-state index contributed by atoms with van der Waals surface area (Å²) >= 11 is 0. The topological polar surface area (TPSA) is 9.49 Å². The van der Waals surface area contributed by atoms with Crippen molar-refractivity contribution in [3.8, 4) is 0 Å². The lowest BCUT2D eigenvalue weighted by atomic mass is 9.80. The van der Waals surface area contributed by atoms with E-state index in [1.54, 1.807) is 6.07 Å². The van der Waals surface area contributed by atoms with E-state index in [-0.39, 0.29) is 5.41 Å². The Kier molecular flexibility index (Phi) is 9.38. The van der Waals surface area contributed by atoms with Gasteiger partial charge in [-0.05, 0) is 119 Å². The molecule has 0 amide bonds. The number of allylic oxidation sites excluding steroid dienone is 7. The van der Waals surface area contributed by atoms with Crippen LogP contribution in [0.4, 0.5) is 35.9 Å². The Labute approximate surface area is 312 Å². The molecule has 1 aliphatic carbocycles. The maximum Gasteiger partial charge on any atom is 0.416 e. The van der Waals surface area contributed by atoms with Crippen LogP contribution in [-0.2, 0) is 17.0 Å². The molecule has 272 valence electrons. The van der Waals surface area contributed by atoms with Crippen molar-refractivity contribution in [2.24, 2.45) is 0 Å². The number of alkyl halides is 3. The van der Waals surface area contributed by atoms with Crippen molar-refractivity contribution in [3.63, 3.8) is 0 Å². The van der Waals surface area contributed by atoms with E-state index in [1.807, 2.05) is 26.0 Å².